The molecule has 0 atom stereocenters. The second kappa shape index (κ2) is 5.90. The number of rotatable bonds is 5. The highest BCUT2D eigenvalue weighted by atomic mass is 16.5. The van der Waals surface area contributed by atoms with Gasteiger partial charge in [-0.1, -0.05) is 6.07 Å². The molecule has 6 nitrogen and oxygen atoms in total. The quantitative estimate of drug-likeness (QED) is 0.842. The molecule has 0 aliphatic carbocycles. The molecule has 0 bridgehead atoms. The zero-order valence-corrected chi connectivity index (χ0v) is 10.5. The third-order valence-electron chi connectivity index (χ3n) is 2.36. The first-order valence-corrected chi connectivity index (χ1v) is 5.19. The lowest BCUT2D eigenvalue weighted by Crippen LogP contribution is -2.32. The Labute approximate surface area is 105 Å². The minimum Gasteiger partial charge on any atom is -0.496 e. The average molecular weight is 253 g/mol. The fourth-order valence-electron chi connectivity index (χ4n) is 1.53. The van der Waals surface area contributed by atoms with E-state index in [4.69, 9.17) is 14.6 Å². The van der Waals surface area contributed by atoms with Crippen LogP contribution < -0.4 is 9.47 Å². The van der Waals surface area contributed by atoms with Gasteiger partial charge in [-0.25, -0.2) is 0 Å². The van der Waals surface area contributed by atoms with Gasteiger partial charge in [0.15, 0.2) is 0 Å². The van der Waals surface area contributed by atoms with E-state index < -0.39 is 11.9 Å². The van der Waals surface area contributed by atoms with Gasteiger partial charge in [0.1, 0.15) is 23.6 Å². The van der Waals surface area contributed by atoms with Crippen LogP contribution >= 0.6 is 0 Å². The third-order valence-corrected chi connectivity index (χ3v) is 2.36. The normalized spacial score (nSPS) is 9.72. The monoisotopic (exact) mass is 253 g/mol. The molecule has 18 heavy (non-hydrogen) atoms. The predicted octanol–water partition coefficient (Wildman–Crippen LogP) is 0.860. The van der Waals surface area contributed by atoms with Crippen molar-refractivity contribution in [3.63, 3.8) is 0 Å². The summed E-state index contributed by atoms with van der Waals surface area (Å²) in [6, 6.07) is 4.92. The number of nitrogens with zero attached hydrogens (tertiary/aromatic N) is 1. The van der Waals surface area contributed by atoms with Crippen molar-refractivity contribution in [3.8, 4) is 11.5 Å². The van der Waals surface area contributed by atoms with Crippen LogP contribution in [0.15, 0.2) is 18.2 Å². The van der Waals surface area contributed by atoms with Gasteiger partial charge < -0.3 is 19.5 Å². The fourth-order valence-corrected chi connectivity index (χ4v) is 1.53. The Balaban J connectivity index is 3.14. The van der Waals surface area contributed by atoms with Crippen molar-refractivity contribution >= 4 is 11.9 Å². The number of ether oxygens (including phenoxy) is 2. The van der Waals surface area contributed by atoms with Crippen molar-refractivity contribution in [2.45, 2.75) is 0 Å². The molecular weight excluding hydrogens is 238 g/mol. The Morgan fingerprint density at radius 3 is 2.11 bits per heavy atom. The Kier molecular flexibility index (Phi) is 4.53. The molecular formula is C12H15NO5. The summed E-state index contributed by atoms with van der Waals surface area (Å²) in [7, 11) is 4.27. The van der Waals surface area contributed by atoms with E-state index in [0.29, 0.717) is 11.5 Å². The molecule has 0 aliphatic heterocycles. The van der Waals surface area contributed by atoms with Crippen LogP contribution in [0.4, 0.5) is 0 Å². The van der Waals surface area contributed by atoms with Crippen molar-refractivity contribution in [3.05, 3.63) is 23.8 Å². The van der Waals surface area contributed by atoms with Crippen LogP contribution in [-0.4, -0.2) is 49.7 Å². The number of methoxy groups -OCH3 is 2. The molecule has 0 aromatic heterocycles. The van der Waals surface area contributed by atoms with Gasteiger partial charge in [0.2, 0.25) is 0 Å². The second-order valence-electron chi connectivity index (χ2n) is 3.59. The molecule has 1 aromatic carbocycles. The molecule has 1 N–H and O–H groups in total. The van der Waals surface area contributed by atoms with Crippen LogP contribution in [0.1, 0.15) is 10.4 Å². The molecule has 0 fully saturated rings. The van der Waals surface area contributed by atoms with Crippen LogP contribution in [0.25, 0.3) is 0 Å². The van der Waals surface area contributed by atoms with E-state index in [-0.39, 0.29) is 12.1 Å². The van der Waals surface area contributed by atoms with Gasteiger partial charge in [-0.2, -0.15) is 0 Å². The first-order chi connectivity index (χ1) is 8.51. The van der Waals surface area contributed by atoms with Crippen LogP contribution in [-0.2, 0) is 4.79 Å². The first kappa shape index (κ1) is 13.8. The van der Waals surface area contributed by atoms with E-state index in [2.05, 4.69) is 0 Å². The predicted molar refractivity (Wildman–Crippen MR) is 64.1 cm³/mol. The maximum atomic E-state index is 12.1. The fraction of sp³-hybridized carbons (Fsp3) is 0.333. The SMILES string of the molecule is COc1cccc(OC)c1C(=O)N(C)CC(=O)O. The summed E-state index contributed by atoms with van der Waals surface area (Å²) < 4.78 is 10.2. The van der Waals surface area contributed by atoms with Gasteiger partial charge in [0.25, 0.3) is 5.91 Å². The second-order valence-corrected chi connectivity index (χ2v) is 3.59. The van der Waals surface area contributed by atoms with E-state index in [1.54, 1.807) is 18.2 Å². The van der Waals surface area contributed by atoms with Crippen molar-refractivity contribution in [2.24, 2.45) is 0 Å². The van der Waals surface area contributed by atoms with Crippen LogP contribution in [0, 0.1) is 0 Å². The topological polar surface area (TPSA) is 76.1 Å². The minimum absolute atomic E-state index is 0.214. The molecule has 0 heterocycles. The van der Waals surface area contributed by atoms with Crippen molar-refractivity contribution < 1.29 is 24.2 Å². The molecule has 0 unspecified atom stereocenters. The maximum absolute atomic E-state index is 12.1. The molecule has 98 valence electrons. The summed E-state index contributed by atoms with van der Waals surface area (Å²) in [4.78, 5) is 23.8. The van der Waals surface area contributed by atoms with E-state index in [1.807, 2.05) is 0 Å². The highest BCUT2D eigenvalue weighted by Crippen LogP contribution is 2.29. The molecule has 0 radical (unpaired) electrons. The standard InChI is InChI=1S/C12H15NO5/c1-13(7-10(14)15)12(16)11-8(17-2)5-4-6-9(11)18-3/h4-6H,7H2,1-3H3,(H,14,15). The highest BCUT2D eigenvalue weighted by molar-refractivity contribution is 6.00. The summed E-state index contributed by atoms with van der Waals surface area (Å²) in [6.07, 6.45) is 0. The van der Waals surface area contributed by atoms with Gasteiger partial charge in [0, 0.05) is 7.05 Å². The van der Waals surface area contributed by atoms with Gasteiger partial charge in [-0.3, -0.25) is 9.59 Å². The number of carbonyl (C=O) groups is 2. The molecule has 0 saturated carbocycles. The third kappa shape index (κ3) is 2.91. The molecule has 1 aromatic rings. The van der Waals surface area contributed by atoms with Crippen LogP contribution in [0.3, 0.4) is 0 Å². The lowest BCUT2D eigenvalue weighted by atomic mass is 10.1. The highest BCUT2D eigenvalue weighted by Gasteiger charge is 2.22. The van der Waals surface area contributed by atoms with Crippen molar-refractivity contribution in [1.82, 2.24) is 4.90 Å². The number of amides is 1. The van der Waals surface area contributed by atoms with Crippen LogP contribution in [0.5, 0.6) is 11.5 Å². The van der Waals surface area contributed by atoms with Gasteiger partial charge >= 0.3 is 5.97 Å². The first-order valence-electron chi connectivity index (χ1n) is 5.19. The molecule has 1 amide bonds. The summed E-state index contributed by atoms with van der Waals surface area (Å²) >= 11 is 0. The number of carboxylic acids is 1. The molecule has 0 aliphatic rings. The van der Waals surface area contributed by atoms with Gasteiger partial charge in [-0.05, 0) is 12.1 Å². The van der Waals surface area contributed by atoms with E-state index >= 15 is 0 Å². The van der Waals surface area contributed by atoms with E-state index in [0.717, 1.165) is 4.90 Å². The number of aliphatic carboxylic acids is 1. The minimum atomic E-state index is -1.08. The summed E-state index contributed by atoms with van der Waals surface area (Å²) in [5.74, 6) is -0.861. The van der Waals surface area contributed by atoms with E-state index in [1.165, 1.54) is 21.3 Å². The smallest absolute Gasteiger partial charge is 0.323 e. The number of benzene rings is 1. The summed E-state index contributed by atoms with van der Waals surface area (Å²) in [5.41, 5.74) is 0.214. The zero-order valence-electron chi connectivity index (χ0n) is 10.5. The average Bonchev–Trinajstić information content (AvgIpc) is 2.35. The number of likely N-dealkylation sites (N-methyl/N-ethyl adjacent to an activating group) is 1. The summed E-state index contributed by atoms with van der Waals surface area (Å²) in [6.45, 7) is -0.389. The Morgan fingerprint density at radius 2 is 1.72 bits per heavy atom. The lowest BCUT2D eigenvalue weighted by molar-refractivity contribution is -0.137. The Bertz CT molecular complexity index is 436. The van der Waals surface area contributed by atoms with Gasteiger partial charge in [0.05, 0.1) is 14.2 Å². The maximum Gasteiger partial charge on any atom is 0.323 e. The molecule has 0 saturated heterocycles. The Morgan fingerprint density at radius 1 is 1.22 bits per heavy atom. The van der Waals surface area contributed by atoms with Gasteiger partial charge in [-0.15, -0.1) is 0 Å². The number of hydrogen-bond donors (Lipinski definition) is 1. The largest absolute Gasteiger partial charge is 0.496 e. The molecule has 1 rings (SSSR count). The Hall–Kier alpha value is -2.24. The number of hydrogen-bond acceptors (Lipinski definition) is 4. The van der Waals surface area contributed by atoms with E-state index in [9.17, 15) is 9.59 Å². The summed E-state index contributed by atoms with van der Waals surface area (Å²) in [5, 5.41) is 8.68. The molecule has 0 spiro atoms. The zero-order chi connectivity index (χ0) is 13.7. The number of carbonyl (C=O) groups excluding carboxylic acids is 1. The van der Waals surface area contributed by atoms with Crippen molar-refractivity contribution in [2.75, 3.05) is 27.8 Å². The lowest BCUT2D eigenvalue weighted by Gasteiger charge is -2.18. The number of carboxylic acid groups (broad SMARTS) is 1. The molecule has 6 heteroatoms. The van der Waals surface area contributed by atoms with Crippen molar-refractivity contribution in [1.29, 1.82) is 0 Å². The van der Waals surface area contributed by atoms with Crippen LogP contribution in [0.2, 0.25) is 0 Å².